The molecular weight excluding hydrogens is 338 g/mol. The molecule has 1 amide bonds. The van der Waals surface area contributed by atoms with E-state index in [4.69, 9.17) is 4.74 Å². The standard InChI is InChI=1S/C18H23N3O3S/c1-11(2)17-19-12(3)16(25-17)18(23)24-10-15(22)20-13-6-8-14(9-7-13)21(4)5/h6-9,11H,10H2,1-5H3,(H,20,22). The molecule has 2 rings (SSSR count). The van der Waals surface area contributed by atoms with Gasteiger partial charge in [-0.3, -0.25) is 4.79 Å². The number of carbonyl (C=O) groups excluding carboxylic acids is 2. The van der Waals surface area contributed by atoms with Crippen molar-refractivity contribution in [3.8, 4) is 0 Å². The van der Waals surface area contributed by atoms with Crippen LogP contribution < -0.4 is 10.2 Å². The minimum Gasteiger partial charge on any atom is -0.451 e. The van der Waals surface area contributed by atoms with Crippen LogP contribution in [0.5, 0.6) is 0 Å². The van der Waals surface area contributed by atoms with Gasteiger partial charge in [-0.2, -0.15) is 0 Å². The fourth-order valence-electron chi connectivity index (χ4n) is 2.09. The largest absolute Gasteiger partial charge is 0.451 e. The van der Waals surface area contributed by atoms with Gasteiger partial charge in [-0.05, 0) is 31.2 Å². The van der Waals surface area contributed by atoms with Crippen molar-refractivity contribution < 1.29 is 14.3 Å². The SMILES string of the molecule is Cc1nc(C(C)C)sc1C(=O)OCC(=O)Nc1ccc(N(C)C)cc1. The summed E-state index contributed by atoms with van der Waals surface area (Å²) >= 11 is 1.31. The third-order valence-electron chi connectivity index (χ3n) is 3.49. The summed E-state index contributed by atoms with van der Waals surface area (Å²) in [7, 11) is 3.89. The van der Waals surface area contributed by atoms with Crippen LogP contribution in [-0.2, 0) is 9.53 Å². The minimum absolute atomic E-state index is 0.249. The van der Waals surface area contributed by atoms with Crippen LogP contribution in [0.25, 0.3) is 0 Å². The molecule has 0 atom stereocenters. The topological polar surface area (TPSA) is 71.5 Å². The summed E-state index contributed by atoms with van der Waals surface area (Å²) in [4.78, 5) is 30.9. The molecule has 1 aromatic carbocycles. The molecule has 0 spiro atoms. The van der Waals surface area contributed by atoms with Crippen molar-refractivity contribution in [2.24, 2.45) is 0 Å². The Hall–Kier alpha value is -2.41. The number of benzene rings is 1. The van der Waals surface area contributed by atoms with Gasteiger partial charge in [0.15, 0.2) is 6.61 Å². The summed E-state index contributed by atoms with van der Waals surface area (Å²) in [6.07, 6.45) is 0. The fraction of sp³-hybridized carbons (Fsp3) is 0.389. The number of carbonyl (C=O) groups is 2. The predicted octanol–water partition coefficient (Wildman–Crippen LogP) is 3.44. The van der Waals surface area contributed by atoms with E-state index in [2.05, 4.69) is 10.3 Å². The van der Waals surface area contributed by atoms with E-state index in [9.17, 15) is 9.59 Å². The molecule has 2 aromatic rings. The molecule has 0 bridgehead atoms. The van der Waals surface area contributed by atoms with Crippen molar-refractivity contribution >= 4 is 34.6 Å². The molecule has 6 nitrogen and oxygen atoms in total. The summed E-state index contributed by atoms with van der Waals surface area (Å²) < 4.78 is 5.11. The molecule has 25 heavy (non-hydrogen) atoms. The molecule has 0 radical (unpaired) electrons. The molecule has 0 aliphatic heterocycles. The minimum atomic E-state index is -0.514. The first-order valence-electron chi connectivity index (χ1n) is 7.99. The summed E-state index contributed by atoms with van der Waals surface area (Å²) in [6.45, 7) is 5.47. The van der Waals surface area contributed by atoms with Crippen molar-refractivity contribution in [2.75, 3.05) is 30.9 Å². The van der Waals surface area contributed by atoms with Crippen molar-refractivity contribution in [3.05, 3.63) is 39.8 Å². The van der Waals surface area contributed by atoms with E-state index in [0.717, 1.165) is 10.7 Å². The monoisotopic (exact) mass is 361 g/mol. The van der Waals surface area contributed by atoms with Crippen molar-refractivity contribution in [3.63, 3.8) is 0 Å². The number of anilines is 2. The summed E-state index contributed by atoms with van der Waals surface area (Å²) in [6, 6.07) is 7.40. The van der Waals surface area contributed by atoms with Crippen LogP contribution in [0.2, 0.25) is 0 Å². The van der Waals surface area contributed by atoms with Crippen molar-refractivity contribution in [2.45, 2.75) is 26.7 Å². The molecule has 7 heteroatoms. The number of esters is 1. The molecule has 0 unspecified atom stereocenters. The second kappa shape index (κ2) is 8.11. The van der Waals surface area contributed by atoms with Gasteiger partial charge < -0.3 is 15.0 Å². The Balaban J connectivity index is 1.90. The molecule has 1 aromatic heterocycles. The van der Waals surface area contributed by atoms with Crippen LogP contribution in [0.3, 0.4) is 0 Å². The zero-order chi connectivity index (χ0) is 18.6. The number of aryl methyl sites for hydroxylation is 1. The molecule has 134 valence electrons. The lowest BCUT2D eigenvalue weighted by atomic mass is 10.2. The fourth-order valence-corrected chi connectivity index (χ4v) is 3.05. The van der Waals surface area contributed by atoms with E-state index >= 15 is 0 Å². The number of amides is 1. The summed E-state index contributed by atoms with van der Waals surface area (Å²) in [5, 5.41) is 3.59. The maximum atomic E-state index is 12.1. The Morgan fingerprint density at radius 2 is 1.88 bits per heavy atom. The lowest BCUT2D eigenvalue weighted by Crippen LogP contribution is -2.21. The number of nitrogens with zero attached hydrogens (tertiary/aromatic N) is 2. The van der Waals surface area contributed by atoms with E-state index in [1.165, 1.54) is 11.3 Å². The lowest BCUT2D eigenvalue weighted by molar-refractivity contribution is -0.119. The zero-order valence-electron chi connectivity index (χ0n) is 15.1. The maximum absolute atomic E-state index is 12.1. The van der Waals surface area contributed by atoms with Crippen LogP contribution >= 0.6 is 11.3 Å². The summed E-state index contributed by atoms with van der Waals surface area (Å²) in [5.41, 5.74) is 2.33. The zero-order valence-corrected chi connectivity index (χ0v) is 15.9. The molecule has 0 aliphatic carbocycles. The van der Waals surface area contributed by atoms with Crippen molar-refractivity contribution in [1.29, 1.82) is 0 Å². The van der Waals surface area contributed by atoms with Crippen LogP contribution in [-0.4, -0.2) is 37.6 Å². The highest BCUT2D eigenvalue weighted by Crippen LogP contribution is 2.25. The van der Waals surface area contributed by atoms with Gasteiger partial charge in [-0.15, -0.1) is 11.3 Å². The van der Waals surface area contributed by atoms with Crippen LogP contribution in [0.4, 0.5) is 11.4 Å². The van der Waals surface area contributed by atoms with Gasteiger partial charge in [0.2, 0.25) is 0 Å². The Morgan fingerprint density at radius 3 is 2.40 bits per heavy atom. The third kappa shape index (κ3) is 5.03. The van der Waals surface area contributed by atoms with E-state index in [0.29, 0.717) is 16.3 Å². The number of hydrogen-bond acceptors (Lipinski definition) is 6. The third-order valence-corrected chi connectivity index (χ3v) is 4.93. The lowest BCUT2D eigenvalue weighted by Gasteiger charge is -2.13. The Kier molecular flexibility index (Phi) is 6.14. The molecule has 0 saturated heterocycles. The highest BCUT2D eigenvalue weighted by atomic mass is 32.1. The second-order valence-electron chi connectivity index (χ2n) is 6.19. The first kappa shape index (κ1) is 18.9. The van der Waals surface area contributed by atoms with Crippen LogP contribution in [0.15, 0.2) is 24.3 Å². The molecule has 0 fully saturated rings. The quantitative estimate of drug-likeness (QED) is 0.798. The molecular formula is C18H23N3O3S. The van der Waals surface area contributed by atoms with E-state index in [-0.39, 0.29) is 18.4 Å². The Labute approximate surface area is 151 Å². The number of aromatic nitrogens is 1. The number of thiazole rings is 1. The van der Waals surface area contributed by atoms with Crippen molar-refractivity contribution in [1.82, 2.24) is 4.98 Å². The Morgan fingerprint density at radius 1 is 1.24 bits per heavy atom. The van der Waals surface area contributed by atoms with Gasteiger partial charge in [0, 0.05) is 31.4 Å². The van der Waals surface area contributed by atoms with Gasteiger partial charge in [-0.1, -0.05) is 13.8 Å². The van der Waals surface area contributed by atoms with Gasteiger partial charge in [0.25, 0.3) is 5.91 Å². The summed E-state index contributed by atoms with van der Waals surface area (Å²) in [5.74, 6) is -0.643. The second-order valence-corrected chi connectivity index (χ2v) is 7.22. The molecule has 1 N–H and O–H groups in total. The number of rotatable bonds is 6. The maximum Gasteiger partial charge on any atom is 0.350 e. The molecule has 1 heterocycles. The Bertz CT molecular complexity index is 751. The smallest absolute Gasteiger partial charge is 0.350 e. The first-order valence-corrected chi connectivity index (χ1v) is 8.81. The first-order chi connectivity index (χ1) is 11.8. The van der Waals surface area contributed by atoms with Crippen LogP contribution in [0, 0.1) is 6.92 Å². The number of ether oxygens (including phenoxy) is 1. The van der Waals surface area contributed by atoms with Crippen LogP contribution in [0.1, 0.15) is 40.1 Å². The highest BCUT2D eigenvalue weighted by molar-refractivity contribution is 7.13. The number of nitrogens with one attached hydrogen (secondary N) is 1. The van der Waals surface area contributed by atoms with Gasteiger partial charge in [0.05, 0.1) is 10.7 Å². The average molecular weight is 361 g/mol. The molecule has 0 aliphatic rings. The van der Waals surface area contributed by atoms with E-state index in [1.807, 2.05) is 45.0 Å². The van der Waals surface area contributed by atoms with E-state index < -0.39 is 5.97 Å². The average Bonchev–Trinajstić information content (AvgIpc) is 2.95. The van der Waals surface area contributed by atoms with Gasteiger partial charge >= 0.3 is 5.97 Å². The van der Waals surface area contributed by atoms with Gasteiger partial charge in [0.1, 0.15) is 4.88 Å². The normalized spacial score (nSPS) is 10.6. The van der Waals surface area contributed by atoms with Gasteiger partial charge in [-0.25, -0.2) is 9.78 Å². The number of hydrogen-bond donors (Lipinski definition) is 1. The predicted molar refractivity (Wildman–Crippen MR) is 101 cm³/mol. The highest BCUT2D eigenvalue weighted by Gasteiger charge is 2.19. The van der Waals surface area contributed by atoms with E-state index in [1.54, 1.807) is 19.1 Å². The molecule has 0 saturated carbocycles.